The largest absolute Gasteiger partial charge is 0.481 e. The molecule has 1 aliphatic heterocycles. The van der Waals surface area contributed by atoms with Gasteiger partial charge >= 0.3 is 5.97 Å². The van der Waals surface area contributed by atoms with E-state index >= 15 is 0 Å². The van der Waals surface area contributed by atoms with Gasteiger partial charge in [-0.2, -0.15) is 0 Å². The Kier molecular flexibility index (Phi) is 2.88. The minimum atomic E-state index is -0.645. The van der Waals surface area contributed by atoms with Crippen LogP contribution in [-0.4, -0.2) is 35.6 Å². The number of carbonyl (C=O) groups is 1. The molecule has 0 aromatic rings. The van der Waals surface area contributed by atoms with Crippen LogP contribution in [0.1, 0.15) is 12.8 Å². The van der Waals surface area contributed by atoms with Crippen molar-refractivity contribution >= 4 is 5.97 Å². The minimum Gasteiger partial charge on any atom is -0.481 e. The average Bonchev–Trinajstić information content (AvgIpc) is 2.05. The number of rotatable bonds is 2. The van der Waals surface area contributed by atoms with Crippen molar-refractivity contribution in [1.29, 1.82) is 0 Å². The molecule has 0 unspecified atom stereocenters. The topological polar surface area (TPSA) is 40.5 Å². The fourth-order valence-corrected chi connectivity index (χ4v) is 1.40. The predicted molar refractivity (Wildman–Crippen MR) is 42.2 cm³/mol. The van der Waals surface area contributed by atoms with Crippen LogP contribution in [0.3, 0.4) is 0 Å². The molecule has 11 heavy (non-hydrogen) atoms. The molecule has 63 valence electrons. The number of carboxylic acid groups (broad SMARTS) is 1. The summed E-state index contributed by atoms with van der Waals surface area (Å²) in [5, 5.41) is 8.66. The zero-order valence-corrected chi connectivity index (χ0v) is 6.62. The molecule has 1 radical (unpaired) electrons. The number of hydrogen-bond acceptors (Lipinski definition) is 2. The Bertz CT molecular complexity index is 139. The maximum absolute atomic E-state index is 10.5. The first kappa shape index (κ1) is 8.53. The first-order chi connectivity index (χ1) is 5.24. The number of likely N-dealkylation sites (tertiary alicyclic amines) is 1. The van der Waals surface area contributed by atoms with E-state index in [1.807, 2.05) is 0 Å². The molecule has 0 aromatic heterocycles. The number of hydrogen-bond donors (Lipinski definition) is 1. The van der Waals surface area contributed by atoms with E-state index in [-0.39, 0.29) is 5.92 Å². The van der Waals surface area contributed by atoms with Gasteiger partial charge in [0.05, 0.1) is 5.92 Å². The summed E-state index contributed by atoms with van der Waals surface area (Å²) in [6, 6.07) is 0. The molecule has 1 rings (SSSR count). The molecule has 0 aromatic carbocycles. The maximum atomic E-state index is 10.5. The monoisotopic (exact) mass is 156 g/mol. The molecule has 1 N–H and O–H groups in total. The van der Waals surface area contributed by atoms with Crippen LogP contribution in [0, 0.1) is 12.8 Å². The number of carboxylic acids is 1. The Hall–Kier alpha value is -0.570. The second-order valence-corrected chi connectivity index (χ2v) is 2.95. The van der Waals surface area contributed by atoms with Crippen molar-refractivity contribution in [3.63, 3.8) is 0 Å². The Morgan fingerprint density at radius 2 is 2.09 bits per heavy atom. The SMILES string of the molecule is [CH2]CN1CCC(C(=O)O)CC1. The highest BCUT2D eigenvalue weighted by molar-refractivity contribution is 5.70. The lowest BCUT2D eigenvalue weighted by atomic mass is 9.97. The summed E-state index contributed by atoms with van der Waals surface area (Å²) in [6.07, 6.45) is 1.57. The first-order valence-corrected chi connectivity index (χ1v) is 3.98. The number of aliphatic carboxylic acids is 1. The van der Waals surface area contributed by atoms with Gasteiger partial charge in [0.2, 0.25) is 0 Å². The molecule has 3 heteroatoms. The van der Waals surface area contributed by atoms with Gasteiger partial charge in [-0.25, -0.2) is 0 Å². The van der Waals surface area contributed by atoms with E-state index in [1.165, 1.54) is 0 Å². The van der Waals surface area contributed by atoms with Gasteiger partial charge in [-0.3, -0.25) is 4.79 Å². The van der Waals surface area contributed by atoms with Crippen molar-refractivity contribution in [3.05, 3.63) is 6.92 Å². The summed E-state index contributed by atoms with van der Waals surface area (Å²) >= 11 is 0. The van der Waals surface area contributed by atoms with E-state index in [0.717, 1.165) is 32.5 Å². The van der Waals surface area contributed by atoms with Crippen LogP contribution in [0.25, 0.3) is 0 Å². The molecular formula is C8H14NO2. The van der Waals surface area contributed by atoms with Crippen LogP contribution in [0.4, 0.5) is 0 Å². The van der Waals surface area contributed by atoms with Crippen molar-refractivity contribution in [3.8, 4) is 0 Å². The second kappa shape index (κ2) is 3.72. The van der Waals surface area contributed by atoms with E-state index in [2.05, 4.69) is 11.8 Å². The molecule has 1 saturated heterocycles. The van der Waals surface area contributed by atoms with Gasteiger partial charge in [-0.15, -0.1) is 0 Å². The zero-order valence-electron chi connectivity index (χ0n) is 6.62. The summed E-state index contributed by atoms with van der Waals surface area (Å²) in [5.41, 5.74) is 0. The molecule has 3 nitrogen and oxygen atoms in total. The van der Waals surface area contributed by atoms with Crippen LogP contribution in [0.2, 0.25) is 0 Å². The summed E-state index contributed by atoms with van der Waals surface area (Å²) in [7, 11) is 0. The van der Waals surface area contributed by atoms with Crippen molar-refractivity contribution in [1.82, 2.24) is 4.90 Å². The molecule has 0 spiro atoms. The van der Waals surface area contributed by atoms with Crippen molar-refractivity contribution in [2.75, 3.05) is 19.6 Å². The first-order valence-electron chi connectivity index (χ1n) is 3.98. The van der Waals surface area contributed by atoms with Gasteiger partial charge in [0, 0.05) is 0 Å². The van der Waals surface area contributed by atoms with Crippen LogP contribution in [-0.2, 0) is 4.79 Å². The lowest BCUT2D eigenvalue weighted by molar-refractivity contribution is -0.143. The maximum Gasteiger partial charge on any atom is 0.306 e. The van der Waals surface area contributed by atoms with E-state index < -0.39 is 5.97 Å². The highest BCUT2D eigenvalue weighted by Crippen LogP contribution is 2.16. The van der Waals surface area contributed by atoms with Crippen molar-refractivity contribution in [2.45, 2.75) is 12.8 Å². The molecule has 0 aliphatic carbocycles. The Morgan fingerprint density at radius 3 is 2.45 bits per heavy atom. The normalized spacial score (nSPS) is 21.9. The fourth-order valence-electron chi connectivity index (χ4n) is 1.40. The van der Waals surface area contributed by atoms with Crippen LogP contribution in [0.15, 0.2) is 0 Å². The van der Waals surface area contributed by atoms with E-state index in [0.29, 0.717) is 0 Å². The third-order valence-corrected chi connectivity index (χ3v) is 2.25. The molecule has 0 bridgehead atoms. The van der Waals surface area contributed by atoms with Crippen molar-refractivity contribution < 1.29 is 9.90 Å². The van der Waals surface area contributed by atoms with Crippen LogP contribution in [0.5, 0.6) is 0 Å². The van der Waals surface area contributed by atoms with Gasteiger partial charge in [0.1, 0.15) is 0 Å². The molecule has 1 heterocycles. The standard InChI is InChI=1S/C8H14NO2/c1-2-9-5-3-7(4-6-9)8(10)11/h7H,1-6H2,(H,10,11). The van der Waals surface area contributed by atoms with Crippen LogP contribution < -0.4 is 0 Å². The number of nitrogens with zero attached hydrogens (tertiary/aromatic N) is 1. The molecule has 1 aliphatic rings. The Balaban J connectivity index is 2.30. The fraction of sp³-hybridized carbons (Fsp3) is 0.750. The van der Waals surface area contributed by atoms with Gasteiger partial charge < -0.3 is 10.0 Å². The predicted octanol–water partition coefficient (Wildman–Crippen LogP) is 0.617. The molecule has 0 atom stereocenters. The van der Waals surface area contributed by atoms with Gasteiger partial charge in [0.25, 0.3) is 0 Å². The third-order valence-electron chi connectivity index (χ3n) is 2.25. The smallest absolute Gasteiger partial charge is 0.306 e. The van der Waals surface area contributed by atoms with Gasteiger partial charge in [-0.05, 0) is 39.4 Å². The van der Waals surface area contributed by atoms with E-state index in [1.54, 1.807) is 0 Å². The Morgan fingerprint density at radius 1 is 1.55 bits per heavy atom. The average molecular weight is 156 g/mol. The number of piperidine rings is 1. The highest BCUT2D eigenvalue weighted by atomic mass is 16.4. The summed E-state index contributed by atoms with van der Waals surface area (Å²) in [5.74, 6) is -0.758. The third kappa shape index (κ3) is 2.19. The Labute approximate surface area is 67.0 Å². The van der Waals surface area contributed by atoms with Crippen molar-refractivity contribution in [2.24, 2.45) is 5.92 Å². The second-order valence-electron chi connectivity index (χ2n) is 2.95. The lowest BCUT2D eigenvalue weighted by Crippen LogP contribution is -2.36. The van der Waals surface area contributed by atoms with Gasteiger partial charge in [-0.1, -0.05) is 0 Å². The highest BCUT2D eigenvalue weighted by Gasteiger charge is 2.23. The molecular weight excluding hydrogens is 142 g/mol. The quantitative estimate of drug-likeness (QED) is 0.637. The molecule has 0 amide bonds. The molecule has 1 fully saturated rings. The minimum absolute atomic E-state index is 0.113. The van der Waals surface area contributed by atoms with E-state index in [4.69, 9.17) is 5.11 Å². The molecule has 0 saturated carbocycles. The summed E-state index contributed by atoms with van der Waals surface area (Å²) in [4.78, 5) is 12.7. The van der Waals surface area contributed by atoms with Crippen LogP contribution >= 0.6 is 0 Å². The van der Waals surface area contributed by atoms with Gasteiger partial charge in [0.15, 0.2) is 0 Å². The lowest BCUT2D eigenvalue weighted by Gasteiger charge is -2.28. The summed E-state index contributed by atoms with van der Waals surface area (Å²) in [6.45, 7) is 6.33. The zero-order chi connectivity index (χ0) is 8.27. The summed E-state index contributed by atoms with van der Waals surface area (Å²) < 4.78 is 0. The van der Waals surface area contributed by atoms with E-state index in [9.17, 15) is 4.79 Å².